The summed E-state index contributed by atoms with van der Waals surface area (Å²) in [5, 5.41) is 14.0. The maximum absolute atomic E-state index is 11.4. The number of nitrogens with zero attached hydrogens (tertiary/aromatic N) is 1. The number of anilines is 1. The van der Waals surface area contributed by atoms with Crippen molar-refractivity contribution >= 4 is 22.6 Å². The SMILES string of the molecule is COC(=O)C(CO)Nc1nccc2ccccc12. The third-order valence-corrected chi connectivity index (χ3v) is 2.65. The minimum absolute atomic E-state index is 0.350. The lowest BCUT2D eigenvalue weighted by atomic mass is 10.1. The summed E-state index contributed by atoms with van der Waals surface area (Å²) in [5.74, 6) is 0.0322. The number of ether oxygens (including phenoxy) is 1. The van der Waals surface area contributed by atoms with Crippen molar-refractivity contribution in [1.82, 2.24) is 4.98 Å². The molecule has 1 aromatic carbocycles. The van der Waals surface area contributed by atoms with Gasteiger partial charge in [0.05, 0.1) is 13.7 Å². The monoisotopic (exact) mass is 246 g/mol. The third kappa shape index (κ3) is 2.41. The molecule has 0 aliphatic heterocycles. The number of esters is 1. The standard InChI is InChI=1S/C13H14N2O3/c1-18-13(17)11(8-16)15-12-10-5-3-2-4-9(10)6-7-14-12/h2-7,11,16H,8H2,1H3,(H,14,15). The number of carbonyl (C=O) groups is 1. The molecule has 0 amide bonds. The molecule has 2 rings (SSSR count). The molecule has 1 atom stereocenters. The van der Waals surface area contributed by atoms with E-state index >= 15 is 0 Å². The van der Waals surface area contributed by atoms with Crippen LogP contribution < -0.4 is 5.32 Å². The van der Waals surface area contributed by atoms with Crippen LogP contribution in [0.5, 0.6) is 0 Å². The zero-order valence-electron chi connectivity index (χ0n) is 9.96. The Morgan fingerprint density at radius 2 is 2.22 bits per heavy atom. The zero-order valence-corrected chi connectivity index (χ0v) is 9.96. The minimum atomic E-state index is -0.812. The number of fused-ring (bicyclic) bond motifs is 1. The number of carbonyl (C=O) groups excluding carboxylic acids is 1. The van der Waals surface area contributed by atoms with E-state index in [0.717, 1.165) is 10.8 Å². The topological polar surface area (TPSA) is 71.5 Å². The van der Waals surface area contributed by atoms with Gasteiger partial charge in [0.25, 0.3) is 0 Å². The highest BCUT2D eigenvalue weighted by Crippen LogP contribution is 2.20. The van der Waals surface area contributed by atoms with Crippen molar-refractivity contribution in [3.05, 3.63) is 36.5 Å². The lowest BCUT2D eigenvalue weighted by Gasteiger charge is -2.15. The van der Waals surface area contributed by atoms with Crippen LogP contribution in [0.4, 0.5) is 5.82 Å². The van der Waals surface area contributed by atoms with Crippen LogP contribution in [0.15, 0.2) is 36.5 Å². The molecule has 0 bridgehead atoms. The average molecular weight is 246 g/mol. The van der Waals surface area contributed by atoms with Crippen LogP contribution >= 0.6 is 0 Å². The number of nitrogens with one attached hydrogen (secondary N) is 1. The van der Waals surface area contributed by atoms with Gasteiger partial charge in [-0.1, -0.05) is 24.3 Å². The van der Waals surface area contributed by atoms with Gasteiger partial charge in [-0.15, -0.1) is 0 Å². The average Bonchev–Trinajstić information content (AvgIpc) is 2.44. The molecule has 0 spiro atoms. The van der Waals surface area contributed by atoms with Crippen molar-refractivity contribution in [2.45, 2.75) is 6.04 Å². The van der Waals surface area contributed by atoms with Gasteiger partial charge >= 0.3 is 5.97 Å². The molecule has 0 aliphatic rings. The molecule has 0 saturated carbocycles. The second-order valence-corrected chi connectivity index (χ2v) is 3.78. The summed E-state index contributed by atoms with van der Waals surface area (Å²) in [6.45, 7) is -0.350. The van der Waals surface area contributed by atoms with Crippen LogP contribution in [0.2, 0.25) is 0 Å². The molecule has 2 aromatic rings. The molecule has 1 unspecified atom stereocenters. The van der Waals surface area contributed by atoms with Crippen LogP contribution in [0, 0.1) is 0 Å². The van der Waals surface area contributed by atoms with Gasteiger partial charge in [-0.25, -0.2) is 9.78 Å². The van der Waals surface area contributed by atoms with Crippen molar-refractivity contribution in [3.63, 3.8) is 0 Å². The Morgan fingerprint density at radius 3 is 2.94 bits per heavy atom. The van der Waals surface area contributed by atoms with E-state index in [1.165, 1.54) is 7.11 Å². The lowest BCUT2D eigenvalue weighted by molar-refractivity contribution is -0.142. The van der Waals surface area contributed by atoms with E-state index in [0.29, 0.717) is 5.82 Å². The van der Waals surface area contributed by atoms with Gasteiger partial charge in [0, 0.05) is 11.6 Å². The van der Waals surface area contributed by atoms with Crippen LogP contribution in [0.1, 0.15) is 0 Å². The number of pyridine rings is 1. The van der Waals surface area contributed by atoms with E-state index in [1.807, 2.05) is 30.3 Å². The summed E-state index contributed by atoms with van der Waals surface area (Å²) >= 11 is 0. The highest BCUT2D eigenvalue weighted by Gasteiger charge is 2.18. The van der Waals surface area contributed by atoms with Crippen LogP contribution in [0.25, 0.3) is 10.8 Å². The molecule has 0 fully saturated rings. The van der Waals surface area contributed by atoms with Crippen LogP contribution in [-0.2, 0) is 9.53 Å². The Balaban J connectivity index is 2.33. The van der Waals surface area contributed by atoms with Gasteiger partial charge < -0.3 is 15.2 Å². The Bertz CT molecular complexity index is 551. The number of aromatic nitrogens is 1. The molecule has 94 valence electrons. The Kier molecular flexibility index (Phi) is 3.74. The first-order valence-corrected chi connectivity index (χ1v) is 5.55. The summed E-state index contributed by atoms with van der Waals surface area (Å²) < 4.78 is 4.60. The molecule has 1 heterocycles. The molecule has 5 nitrogen and oxygen atoms in total. The van der Waals surface area contributed by atoms with Gasteiger partial charge in [-0.2, -0.15) is 0 Å². The third-order valence-electron chi connectivity index (χ3n) is 2.65. The van der Waals surface area contributed by atoms with Crippen molar-refractivity contribution in [2.24, 2.45) is 0 Å². The summed E-state index contributed by atoms with van der Waals surface area (Å²) in [4.78, 5) is 15.6. The van der Waals surface area contributed by atoms with Crippen LogP contribution in [-0.4, -0.2) is 35.8 Å². The molecular formula is C13H14N2O3. The maximum atomic E-state index is 11.4. The molecule has 2 N–H and O–H groups in total. The molecule has 18 heavy (non-hydrogen) atoms. The largest absolute Gasteiger partial charge is 0.467 e. The molecular weight excluding hydrogens is 232 g/mol. The number of hydrogen-bond donors (Lipinski definition) is 2. The first kappa shape index (κ1) is 12.3. The van der Waals surface area contributed by atoms with E-state index in [1.54, 1.807) is 6.20 Å². The number of benzene rings is 1. The number of aliphatic hydroxyl groups is 1. The normalized spacial score (nSPS) is 12.1. The molecule has 5 heteroatoms. The number of hydrogen-bond acceptors (Lipinski definition) is 5. The predicted molar refractivity (Wildman–Crippen MR) is 68.3 cm³/mol. The zero-order chi connectivity index (χ0) is 13.0. The van der Waals surface area contributed by atoms with Crippen molar-refractivity contribution < 1.29 is 14.6 Å². The molecule has 1 aromatic heterocycles. The van der Waals surface area contributed by atoms with Gasteiger partial charge in [-0.05, 0) is 11.5 Å². The van der Waals surface area contributed by atoms with Gasteiger partial charge in [-0.3, -0.25) is 0 Å². The van der Waals surface area contributed by atoms with E-state index in [9.17, 15) is 4.79 Å². The van der Waals surface area contributed by atoms with Gasteiger partial charge in [0.15, 0.2) is 0 Å². The molecule has 0 radical (unpaired) electrons. The number of methoxy groups -OCH3 is 1. The quantitative estimate of drug-likeness (QED) is 0.793. The smallest absolute Gasteiger partial charge is 0.330 e. The first-order valence-electron chi connectivity index (χ1n) is 5.55. The second kappa shape index (κ2) is 5.46. The fourth-order valence-electron chi connectivity index (χ4n) is 1.72. The second-order valence-electron chi connectivity index (χ2n) is 3.78. The van der Waals surface area contributed by atoms with Crippen LogP contribution in [0.3, 0.4) is 0 Å². The molecule has 0 aliphatic carbocycles. The van der Waals surface area contributed by atoms with E-state index in [2.05, 4.69) is 15.0 Å². The Morgan fingerprint density at radius 1 is 1.44 bits per heavy atom. The predicted octanol–water partition coefficient (Wildman–Crippen LogP) is 1.18. The summed E-state index contributed by atoms with van der Waals surface area (Å²) in [7, 11) is 1.28. The summed E-state index contributed by atoms with van der Waals surface area (Å²) in [6.07, 6.45) is 1.65. The maximum Gasteiger partial charge on any atom is 0.330 e. The number of rotatable bonds is 4. The van der Waals surface area contributed by atoms with Crippen molar-refractivity contribution in [3.8, 4) is 0 Å². The van der Waals surface area contributed by atoms with E-state index in [-0.39, 0.29) is 6.61 Å². The fourth-order valence-corrected chi connectivity index (χ4v) is 1.72. The fraction of sp³-hybridized carbons (Fsp3) is 0.231. The minimum Gasteiger partial charge on any atom is -0.467 e. The molecule has 0 saturated heterocycles. The summed E-state index contributed by atoms with van der Waals surface area (Å²) in [6, 6.07) is 8.74. The highest BCUT2D eigenvalue weighted by molar-refractivity contribution is 5.93. The summed E-state index contributed by atoms with van der Waals surface area (Å²) in [5.41, 5.74) is 0. The Hall–Kier alpha value is -2.14. The Labute approximate surface area is 104 Å². The van der Waals surface area contributed by atoms with E-state index < -0.39 is 12.0 Å². The van der Waals surface area contributed by atoms with Crippen molar-refractivity contribution in [1.29, 1.82) is 0 Å². The van der Waals surface area contributed by atoms with Crippen molar-refractivity contribution in [2.75, 3.05) is 19.0 Å². The van der Waals surface area contributed by atoms with Gasteiger partial charge in [0.2, 0.25) is 0 Å². The van der Waals surface area contributed by atoms with Gasteiger partial charge in [0.1, 0.15) is 11.9 Å². The first-order chi connectivity index (χ1) is 8.76. The lowest BCUT2D eigenvalue weighted by Crippen LogP contribution is -2.34. The number of aliphatic hydroxyl groups excluding tert-OH is 1. The highest BCUT2D eigenvalue weighted by atomic mass is 16.5. The van der Waals surface area contributed by atoms with E-state index in [4.69, 9.17) is 5.11 Å².